The van der Waals surface area contributed by atoms with Gasteiger partial charge < -0.3 is 19.8 Å². The standard InChI is InChI=1S/C28H28N4O3/c1-16-12-17-14-18(35-27(17)22(13-16)24-10-11-25(34-2)32-31-24)15-29-28(33)21-8-5-7-20-19-6-3-4-9-23(19)30-26(20)21/h3-4,6,9-13,18,21,30H,5,7-8,14-15H2,1-2H3,(H,29,33)/t18-,21+/m1/s1. The first kappa shape index (κ1) is 21.6. The summed E-state index contributed by atoms with van der Waals surface area (Å²) in [5.74, 6) is 1.21. The molecule has 7 heteroatoms. The Kier molecular flexibility index (Phi) is 5.40. The molecule has 3 heterocycles. The normalized spacial score (nSPS) is 18.6. The molecule has 2 aromatic heterocycles. The van der Waals surface area contributed by atoms with E-state index < -0.39 is 0 Å². The number of hydrogen-bond donors (Lipinski definition) is 2. The molecule has 1 amide bonds. The van der Waals surface area contributed by atoms with Crippen LogP contribution in [0.15, 0.2) is 48.5 Å². The van der Waals surface area contributed by atoms with E-state index in [1.807, 2.05) is 12.1 Å². The summed E-state index contributed by atoms with van der Waals surface area (Å²) in [5.41, 5.74) is 7.39. The third-order valence-electron chi connectivity index (χ3n) is 7.10. The number of carbonyl (C=O) groups excluding carboxylic acids is 1. The number of methoxy groups -OCH3 is 1. The van der Waals surface area contributed by atoms with E-state index in [0.717, 1.165) is 65.0 Å². The minimum Gasteiger partial charge on any atom is -0.487 e. The maximum absolute atomic E-state index is 13.3. The first-order chi connectivity index (χ1) is 17.1. The largest absolute Gasteiger partial charge is 0.487 e. The van der Waals surface area contributed by atoms with Crippen molar-refractivity contribution in [2.75, 3.05) is 13.7 Å². The Morgan fingerprint density at radius 2 is 2.09 bits per heavy atom. The third kappa shape index (κ3) is 3.91. The van der Waals surface area contributed by atoms with Crippen LogP contribution >= 0.6 is 0 Å². The van der Waals surface area contributed by atoms with E-state index in [4.69, 9.17) is 9.47 Å². The Balaban J connectivity index is 1.17. The Morgan fingerprint density at radius 3 is 2.91 bits per heavy atom. The molecular weight excluding hydrogens is 440 g/mol. The number of ether oxygens (including phenoxy) is 2. The maximum atomic E-state index is 13.3. The van der Waals surface area contributed by atoms with Crippen LogP contribution < -0.4 is 14.8 Å². The summed E-state index contributed by atoms with van der Waals surface area (Å²) in [7, 11) is 1.57. The van der Waals surface area contributed by atoms with Gasteiger partial charge >= 0.3 is 0 Å². The number of rotatable bonds is 5. The number of aryl methyl sites for hydroxylation is 2. The van der Waals surface area contributed by atoms with Gasteiger partial charge in [0.05, 0.1) is 25.3 Å². The van der Waals surface area contributed by atoms with Gasteiger partial charge in [-0.1, -0.05) is 24.3 Å². The van der Waals surface area contributed by atoms with Crippen molar-refractivity contribution in [3.8, 4) is 22.9 Å². The molecular formula is C28H28N4O3. The van der Waals surface area contributed by atoms with E-state index in [2.05, 4.69) is 57.8 Å². The summed E-state index contributed by atoms with van der Waals surface area (Å²) >= 11 is 0. The number of aromatic nitrogens is 3. The zero-order valence-electron chi connectivity index (χ0n) is 19.9. The summed E-state index contributed by atoms with van der Waals surface area (Å²) < 4.78 is 11.5. The van der Waals surface area contributed by atoms with Crippen LogP contribution in [0.3, 0.4) is 0 Å². The second kappa shape index (κ2) is 8.73. The highest BCUT2D eigenvalue weighted by Crippen LogP contribution is 2.40. The lowest BCUT2D eigenvalue weighted by Gasteiger charge is -2.23. The molecule has 7 nitrogen and oxygen atoms in total. The molecule has 4 aromatic rings. The second-order valence-corrected chi connectivity index (χ2v) is 9.46. The van der Waals surface area contributed by atoms with Crippen molar-refractivity contribution in [1.29, 1.82) is 0 Å². The van der Waals surface area contributed by atoms with E-state index >= 15 is 0 Å². The fraction of sp³-hybridized carbons (Fsp3) is 0.321. The highest BCUT2D eigenvalue weighted by atomic mass is 16.5. The van der Waals surface area contributed by atoms with Crippen LogP contribution in [0.2, 0.25) is 0 Å². The van der Waals surface area contributed by atoms with Gasteiger partial charge in [0, 0.05) is 34.6 Å². The van der Waals surface area contributed by atoms with Gasteiger partial charge in [0.1, 0.15) is 11.9 Å². The third-order valence-corrected chi connectivity index (χ3v) is 7.10. The molecule has 178 valence electrons. The monoisotopic (exact) mass is 468 g/mol. The van der Waals surface area contributed by atoms with E-state index in [-0.39, 0.29) is 17.9 Å². The summed E-state index contributed by atoms with van der Waals surface area (Å²) in [5, 5.41) is 12.8. The van der Waals surface area contributed by atoms with Crippen molar-refractivity contribution in [1.82, 2.24) is 20.5 Å². The first-order valence-electron chi connectivity index (χ1n) is 12.2. The number of H-pyrrole nitrogens is 1. The van der Waals surface area contributed by atoms with E-state index in [1.165, 1.54) is 10.9 Å². The topological polar surface area (TPSA) is 89.1 Å². The van der Waals surface area contributed by atoms with Crippen LogP contribution in [0.4, 0.5) is 0 Å². The van der Waals surface area contributed by atoms with Crippen molar-refractivity contribution >= 4 is 16.8 Å². The van der Waals surface area contributed by atoms with Gasteiger partial charge in [0.15, 0.2) is 0 Å². The molecule has 2 atom stereocenters. The molecule has 0 saturated heterocycles. The Labute approximate surface area is 203 Å². The van der Waals surface area contributed by atoms with Gasteiger partial charge in [0.2, 0.25) is 11.8 Å². The van der Waals surface area contributed by atoms with E-state index in [9.17, 15) is 4.79 Å². The van der Waals surface area contributed by atoms with Crippen molar-refractivity contribution in [2.45, 2.75) is 44.6 Å². The predicted octanol–water partition coefficient (Wildman–Crippen LogP) is 4.48. The predicted molar refractivity (Wildman–Crippen MR) is 134 cm³/mol. The molecule has 0 saturated carbocycles. The lowest BCUT2D eigenvalue weighted by Crippen LogP contribution is -2.38. The molecule has 2 aliphatic rings. The molecule has 1 aliphatic heterocycles. The van der Waals surface area contributed by atoms with Crippen molar-refractivity contribution < 1.29 is 14.3 Å². The number of nitrogens with one attached hydrogen (secondary N) is 2. The lowest BCUT2D eigenvalue weighted by atomic mass is 9.86. The number of nitrogens with zero attached hydrogens (tertiary/aromatic N) is 2. The number of hydrogen-bond acceptors (Lipinski definition) is 5. The van der Waals surface area contributed by atoms with E-state index in [0.29, 0.717) is 12.4 Å². The Morgan fingerprint density at radius 1 is 1.20 bits per heavy atom. The van der Waals surface area contributed by atoms with Crippen LogP contribution in [0.25, 0.3) is 22.2 Å². The molecule has 1 aliphatic carbocycles. The van der Waals surface area contributed by atoms with Gasteiger partial charge in [-0.15, -0.1) is 10.2 Å². The van der Waals surface area contributed by atoms with Crippen LogP contribution in [0.1, 0.15) is 41.1 Å². The molecule has 6 rings (SSSR count). The molecule has 0 bridgehead atoms. The molecule has 0 fully saturated rings. The molecule has 0 radical (unpaired) electrons. The summed E-state index contributed by atoms with van der Waals surface area (Å²) in [4.78, 5) is 16.8. The zero-order valence-corrected chi connectivity index (χ0v) is 19.9. The van der Waals surface area contributed by atoms with Crippen LogP contribution in [0.5, 0.6) is 11.6 Å². The number of amides is 1. The highest BCUT2D eigenvalue weighted by Gasteiger charge is 2.32. The quantitative estimate of drug-likeness (QED) is 0.451. The smallest absolute Gasteiger partial charge is 0.233 e. The molecule has 0 spiro atoms. The van der Waals surface area contributed by atoms with Crippen molar-refractivity contribution in [2.24, 2.45) is 0 Å². The Hall–Kier alpha value is -3.87. The number of benzene rings is 2. The van der Waals surface area contributed by atoms with Crippen molar-refractivity contribution in [3.05, 3.63) is 70.9 Å². The summed E-state index contributed by atoms with van der Waals surface area (Å²) in [6.07, 6.45) is 3.52. The van der Waals surface area contributed by atoms with Gasteiger partial charge in [0.25, 0.3) is 0 Å². The Bertz CT molecular complexity index is 1410. The average molecular weight is 469 g/mol. The molecule has 2 aromatic carbocycles. The van der Waals surface area contributed by atoms with Crippen LogP contribution in [-0.2, 0) is 17.6 Å². The summed E-state index contributed by atoms with van der Waals surface area (Å²) in [6, 6.07) is 16.2. The highest BCUT2D eigenvalue weighted by molar-refractivity contribution is 5.90. The van der Waals surface area contributed by atoms with Gasteiger partial charge in [-0.3, -0.25) is 4.79 Å². The number of carbonyl (C=O) groups is 1. The maximum Gasteiger partial charge on any atom is 0.233 e. The number of aromatic amines is 1. The first-order valence-corrected chi connectivity index (χ1v) is 12.2. The van der Waals surface area contributed by atoms with Gasteiger partial charge in [-0.05, 0) is 61.1 Å². The van der Waals surface area contributed by atoms with Gasteiger partial charge in [-0.2, -0.15) is 0 Å². The minimum absolute atomic E-state index is 0.0643. The zero-order chi connectivity index (χ0) is 23.9. The van der Waals surface area contributed by atoms with E-state index in [1.54, 1.807) is 13.2 Å². The molecule has 35 heavy (non-hydrogen) atoms. The average Bonchev–Trinajstić information content (AvgIpc) is 3.47. The SMILES string of the molecule is COc1ccc(-c2cc(C)cc3c2O[C@@H](CNC(=O)[C@H]2CCCc4c2[nH]c2ccccc42)C3)nn1. The molecule has 2 N–H and O–H groups in total. The fourth-order valence-electron chi connectivity index (χ4n) is 5.48. The van der Waals surface area contributed by atoms with Crippen molar-refractivity contribution in [3.63, 3.8) is 0 Å². The van der Waals surface area contributed by atoms with Gasteiger partial charge in [-0.25, -0.2) is 0 Å². The molecule has 0 unspecified atom stereocenters. The van der Waals surface area contributed by atoms with Crippen LogP contribution in [0, 0.1) is 6.92 Å². The second-order valence-electron chi connectivity index (χ2n) is 9.46. The minimum atomic E-state index is -0.151. The summed E-state index contributed by atoms with van der Waals surface area (Å²) in [6.45, 7) is 2.53. The lowest BCUT2D eigenvalue weighted by molar-refractivity contribution is -0.123. The number of fused-ring (bicyclic) bond motifs is 4. The fourth-order valence-corrected chi connectivity index (χ4v) is 5.48. The number of para-hydroxylation sites is 1. The van der Waals surface area contributed by atoms with Crippen LogP contribution in [-0.4, -0.2) is 40.8 Å².